The van der Waals surface area contributed by atoms with Crippen molar-refractivity contribution in [2.75, 3.05) is 0 Å². The summed E-state index contributed by atoms with van der Waals surface area (Å²) in [5.41, 5.74) is 3.40. The van der Waals surface area contributed by atoms with Crippen LogP contribution in [0.5, 0.6) is 0 Å². The molecule has 2 heteroatoms. The van der Waals surface area contributed by atoms with E-state index in [9.17, 15) is 0 Å². The normalized spacial score (nSPS) is 19.9. The van der Waals surface area contributed by atoms with Crippen LogP contribution in [0.15, 0.2) is 23.2 Å². The van der Waals surface area contributed by atoms with Crippen molar-refractivity contribution in [1.82, 2.24) is 5.32 Å². The van der Waals surface area contributed by atoms with E-state index in [1.165, 1.54) is 31.2 Å². The third-order valence-electron chi connectivity index (χ3n) is 3.40. The second kappa shape index (κ2) is 3.37. The van der Waals surface area contributed by atoms with E-state index in [2.05, 4.69) is 35.4 Å². The molecule has 1 heterocycles. The summed E-state index contributed by atoms with van der Waals surface area (Å²) in [5.74, 6) is 1.70. The maximum atomic E-state index is 4.68. The van der Waals surface area contributed by atoms with Crippen LogP contribution in [0.3, 0.4) is 0 Å². The molecule has 0 aromatic heterocycles. The summed E-state index contributed by atoms with van der Waals surface area (Å²) < 4.78 is 0. The average Bonchev–Trinajstić information content (AvgIpc) is 2.86. The first kappa shape index (κ1) is 8.96. The Bertz CT molecular complexity index is 415. The highest BCUT2D eigenvalue weighted by molar-refractivity contribution is 5.98. The van der Waals surface area contributed by atoms with Crippen LogP contribution in [0.1, 0.15) is 31.2 Å². The van der Waals surface area contributed by atoms with Crippen molar-refractivity contribution in [2.24, 2.45) is 10.9 Å². The lowest BCUT2D eigenvalue weighted by molar-refractivity contribution is 0.713. The molecule has 0 saturated heterocycles. The molecule has 0 N–H and O–H groups in total. The Labute approximate surface area is 90.4 Å². The molecule has 0 amide bonds. The van der Waals surface area contributed by atoms with E-state index in [-0.39, 0.29) is 0 Å². The van der Waals surface area contributed by atoms with E-state index in [0.29, 0.717) is 5.92 Å². The number of benzene rings is 1. The fourth-order valence-electron chi connectivity index (χ4n) is 2.51. The molecular formula is C13H15N2. The quantitative estimate of drug-likeness (QED) is 0.662. The summed E-state index contributed by atoms with van der Waals surface area (Å²) in [6.07, 6.45) is 5.23. The molecule has 0 spiro atoms. The van der Waals surface area contributed by atoms with Gasteiger partial charge in [-0.05, 0) is 31.4 Å². The third kappa shape index (κ3) is 1.44. The number of hydrogen-bond donors (Lipinski definition) is 0. The van der Waals surface area contributed by atoms with E-state index >= 15 is 0 Å². The number of rotatable bonds is 1. The predicted octanol–water partition coefficient (Wildman–Crippen LogP) is 3.46. The molecule has 1 fully saturated rings. The summed E-state index contributed by atoms with van der Waals surface area (Å²) >= 11 is 0. The van der Waals surface area contributed by atoms with Crippen LogP contribution in [0, 0.1) is 12.8 Å². The third-order valence-corrected chi connectivity index (χ3v) is 3.40. The lowest BCUT2D eigenvalue weighted by Gasteiger charge is -2.06. The first-order chi connectivity index (χ1) is 7.34. The molecule has 15 heavy (non-hydrogen) atoms. The minimum Gasteiger partial charge on any atom is -0.231 e. The van der Waals surface area contributed by atoms with Crippen LogP contribution >= 0.6 is 0 Å². The molecular weight excluding hydrogens is 184 g/mol. The van der Waals surface area contributed by atoms with Crippen molar-refractivity contribution in [3.05, 3.63) is 23.8 Å². The standard InChI is InChI=1S/C13H15N2/c1-9-5-4-8-11-12(9)15-13(14-11)10-6-2-3-7-10/h4-5,8,10H,2-3,6-7H2,1H3. The summed E-state index contributed by atoms with van der Waals surface area (Å²) in [6.45, 7) is 2.11. The molecule has 1 saturated carbocycles. The Morgan fingerprint density at radius 3 is 2.73 bits per heavy atom. The zero-order chi connectivity index (χ0) is 10.3. The van der Waals surface area contributed by atoms with Gasteiger partial charge in [0.2, 0.25) is 0 Å². The Morgan fingerprint density at radius 2 is 2.00 bits per heavy atom. The Hall–Kier alpha value is -1.31. The second-order valence-corrected chi connectivity index (χ2v) is 4.51. The molecule has 2 nitrogen and oxygen atoms in total. The fraction of sp³-hybridized carbons (Fsp3) is 0.462. The van der Waals surface area contributed by atoms with E-state index in [1.54, 1.807) is 0 Å². The molecule has 1 aromatic carbocycles. The smallest absolute Gasteiger partial charge is 0.132 e. The van der Waals surface area contributed by atoms with Gasteiger partial charge in [0.25, 0.3) is 0 Å². The molecule has 1 aromatic rings. The first-order valence-electron chi connectivity index (χ1n) is 5.74. The summed E-state index contributed by atoms with van der Waals surface area (Å²) in [6, 6.07) is 6.23. The maximum Gasteiger partial charge on any atom is 0.132 e. The molecule has 77 valence electrons. The number of amidine groups is 1. The van der Waals surface area contributed by atoms with Gasteiger partial charge in [-0.2, -0.15) is 0 Å². The van der Waals surface area contributed by atoms with Crippen molar-refractivity contribution < 1.29 is 0 Å². The molecule has 2 aliphatic rings. The number of aliphatic imine (C=N–C) groups is 1. The van der Waals surface area contributed by atoms with Crippen LogP contribution in [-0.2, 0) is 0 Å². The van der Waals surface area contributed by atoms with Crippen LogP contribution < -0.4 is 5.32 Å². The van der Waals surface area contributed by atoms with E-state index in [1.807, 2.05) is 0 Å². The number of aryl methyl sites for hydroxylation is 1. The van der Waals surface area contributed by atoms with Gasteiger partial charge < -0.3 is 0 Å². The van der Waals surface area contributed by atoms with Crippen molar-refractivity contribution >= 4 is 17.2 Å². The van der Waals surface area contributed by atoms with Crippen molar-refractivity contribution in [1.29, 1.82) is 0 Å². The number of para-hydroxylation sites is 1. The highest BCUT2D eigenvalue weighted by Gasteiger charge is 2.26. The van der Waals surface area contributed by atoms with Gasteiger partial charge in [-0.15, -0.1) is 0 Å². The van der Waals surface area contributed by atoms with Crippen molar-refractivity contribution in [3.63, 3.8) is 0 Å². The van der Waals surface area contributed by atoms with E-state index in [0.717, 1.165) is 17.2 Å². The van der Waals surface area contributed by atoms with Crippen LogP contribution in [0.2, 0.25) is 0 Å². The number of hydrogen-bond acceptors (Lipinski definition) is 1. The van der Waals surface area contributed by atoms with Gasteiger partial charge >= 0.3 is 0 Å². The largest absolute Gasteiger partial charge is 0.231 e. The molecule has 0 atom stereocenters. The lowest BCUT2D eigenvalue weighted by Crippen LogP contribution is -2.16. The molecule has 1 aliphatic carbocycles. The highest BCUT2D eigenvalue weighted by Crippen LogP contribution is 2.37. The monoisotopic (exact) mass is 199 g/mol. The first-order valence-corrected chi connectivity index (χ1v) is 5.74. The van der Waals surface area contributed by atoms with Crippen molar-refractivity contribution in [3.8, 4) is 0 Å². The Morgan fingerprint density at radius 1 is 1.20 bits per heavy atom. The van der Waals surface area contributed by atoms with E-state index in [4.69, 9.17) is 0 Å². The zero-order valence-electron chi connectivity index (χ0n) is 9.03. The molecule has 0 bridgehead atoms. The van der Waals surface area contributed by atoms with Gasteiger partial charge in [0.1, 0.15) is 5.84 Å². The lowest BCUT2D eigenvalue weighted by atomic mass is 10.1. The van der Waals surface area contributed by atoms with Crippen LogP contribution in [-0.4, -0.2) is 5.84 Å². The Kier molecular flexibility index (Phi) is 2.01. The number of nitrogens with zero attached hydrogens (tertiary/aromatic N) is 2. The maximum absolute atomic E-state index is 4.68. The summed E-state index contributed by atoms with van der Waals surface area (Å²) in [7, 11) is 0. The van der Waals surface area contributed by atoms with Crippen molar-refractivity contribution in [2.45, 2.75) is 32.6 Å². The second-order valence-electron chi connectivity index (χ2n) is 4.51. The molecule has 0 unspecified atom stereocenters. The van der Waals surface area contributed by atoms with Gasteiger partial charge in [0.05, 0.1) is 11.4 Å². The van der Waals surface area contributed by atoms with Gasteiger partial charge in [0, 0.05) is 5.92 Å². The minimum atomic E-state index is 0.622. The zero-order valence-corrected chi connectivity index (χ0v) is 9.03. The summed E-state index contributed by atoms with van der Waals surface area (Å²) in [5, 5.41) is 4.64. The number of fused-ring (bicyclic) bond motifs is 1. The minimum absolute atomic E-state index is 0.622. The molecule has 1 radical (unpaired) electrons. The fourth-order valence-corrected chi connectivity index (χ4v) is 2.51. The van der Waals surface area contributed by atoms with Crippen LogP contribution in [0.25, 0.3) is 0 Å². The topological polar surface area (TPSA) is 26.5 Å². The van der Waals surface area contributed by atoms with Gasteiger partial charge in [-0.1, -0.05) is 25.0 Å². The molecule has 3 rings (SSSR count). The van der Waals surface area contributed by atoms with Crippen LogP contribution in [0.4, 0.5) is 11.4 Å². The predicted molar refractivity (Wildman–Crippen MR) is 62.0 cm³/mol. The van der Waals surface area contributed by atoms with E-state index < -0.39 is 0 Å². The highest BCUT2D eigenvalue weighted by atomic mass is 15.1. The summed E-state index contributed by atoms with van der Waals surface area (Å²) in [4.78, 5) is 4.68. The SMILES string of the molecule is Cc1cccc2c1N=C(C1CCCC1)[N]2. The van der Waals surface area contributed by atoms with Gasteiger partial charge in [-0.3, -0.25) is 0 Å². The average molecular weight is 199 g/mol. The molecule has 1 aliphatic heterocycles. The Balaban J connectivity index is 1.92. The van der Waals surface area contributed by atoms with Gasteiger partial charge in [0.15, 0.2) is 0 Å². The van der Waals surface area contributed by atoms with Gasteiger partial charge in [-0.25, -0.2) is 10.3 Å².